The van der Waals surface area contributed by atoms with Crippen LogP contribution in [-0.4, -0.2) is 68.5 Å². The zero-order valence-corrected chi connectivity index (χ0v) is 44.6. The standard InChI is InChI=1S/C56H109N2O6P/c1-6-8-10-12-14-16-18-20-22-24-25-26-27-28-29-30-31-32-34-35-37-39-41-43-45-47-49-55(59)54(53-64-65(61,62)63-52-51-58(3,4)5)57-56(60)50-48-46-44-42-40-38-36-33-23-21-19-17-15-13-11-9-7-2/h9,11,15,17,21,23,54-55,59H,6-8,10,12-14,16,18-20,22,24-53H2,1-5H3,(H-,57,60,61,62)/b11-9-,17-15-,23-21-. The number of carbonyl (C=O) groups excluding carboxylic acids is 1. The average molecular weight is 937 g/mol. The summed E-state index contributed by atoms with van der Waals surface area (Å²) in [6.07, 6.45) is 60.3. The first kappa shape index (κ1) is 63.7. The Bertz CT molecular complexity index is 1150. The molecule has 3 unspecified atom stereocenters. The fourth-order valence-electron chi connectivity index (χ4n) is 8.29. The topological polar surface area (TPSA) is 108 Å². The number of aliphatic hydroxyl groups excluding tert-OH is 1. The Morgan fingerprint density at radius 3 is 1.37 bits per heavy atom. The van der Waals surface area contributed by atoms with Crippen LogP contribution in [0.2, 0.25) is 0 Å². The van der Waals surface area contributed by atoms with E-state index in [4.69, 9.17) is 9.05 Å². The van der Waals surface area contributed by atoms with Crippen molar-refractivity contribution in [2.75, 3.05) is 40.9 Å². The van der Waals surface area contributed by atoms with Crippen LogP contribution in [0.3, 0.4) is 0 Å². The van der Waals surface area contributed by atoms with Gasteiger partial charge in [0.15, 0.2) is 0 Å². The summed E-state index contributed by atoms with van der Waals surface area (Å²) in [5, 5.41) is 14.0. The van der Waals surface area contributed by atoms with Crippen molar-refractivity contribution in [2.24, 2.45) is 0 Å². The van der Waals surface area contributed by atoms with Gasteiger partial charge < -0.3 is 28.8 Å². The fraction of sp³-hybridized carbons (Fsp3) is 0.875. The fourth-order valence-corrected chi connectivity index (χ4v) is 9.01. The maximum atomic E-state index is 12.9. The van der Waals surface area contributed by atoms with E-state index in [0.29, 0.717) is 23.9 Å². The first-order valence-electron chi connectivity index (χ1n) is 27.8. The van der Waals surface area contributed by atoms with Crippen molar-refractivity contribution in [1.29, 1.82) is 0 Å². The monoisotopic (exact) mass is 937 g/mol. The van der Waals surface area contributed by atoms with Crippen LogP contribution in [0.25, 0.3) is 0 Å². The molecule has 0 aromatic rings. The number of likely N-dealkylation sites (N-methyl/N-ethyl adjacent to an activating group) is 1. The van der Waals surface area contributed by atoms with Crippen LogP contribution >= 0.6 is 7.82 Å². The molecule has 0 saturated carbocycles. The quantitative estimate of drug-likeness (QED) is 0.0272. The summed E-state index contributed by atoms with van der Waals surface area (Å²) < 4.78 is 23.4. The van der Waals surface area contributed by atoms with E-state index in [2.05, 4.69) is 55.6 Å². The van der Waals surface area contributed by atoms with Gasteiger partial charge in [0, 0.05) is 6.42 Å². The SMILES string of the molecule is CC/C=C\C/C=C\C/C=C\CCCCCCCCCC(=O)NC(COP(=O)([O-])OCC[N+](C)(C)C)C(O)CCCCCCCCCCCCCCCCCCCCCCCCCCCC. The Labute approximate surface area is 404 Å². The Morgan fingerprint density at radius 2 is 0.938 bits per heavy atom. The maximum absolute atomic E-state index is 12.9. The molecule has 0 aromatic heterocycles. The summed E-state index contributed by atoms with van der Waals surface area (Å²) in [7, 11) is 1.30. The van der Waals surface area contributed by atoms with E-state index >= 15 is 0 Å². The molecule has 0 aromatic carbocycles. The summed E-state index contributed by atoms with van der Waals surface area (Å²) in [6, 6.07) is -0.806. The molecule has 0 aliphatic rings. The lowest BCUT2D eigenvalue weighted by molar-refractivity contribution is -0.870. The van der Waals surface area contributed by atoms with Gasteiger partial charge in [0.25, 0.3) is 7.82 Å². The average Bonchev–Trinajstić information content (AvgIpc) is 3.26. The minimum atomic E-state index is -4.57. The van der Waals surface area contributed by atoms with Gasteiger partial charge in [-0.3, -0.25) is 9.36 Å². The summed E-state index contributed by atoms with van der Waals surface area (Å²) in [6.45, 7) is 4.63. The molecule has 0 bridgehead atoms. The highest BCUT2D eigenvalue weighted by Crippen LogP contribution is 2.38. The summed E-state index contributed by atoms with van der Waals surface area (Å²) in [4.78, 5) is 25.5. The molecule has 0 aliphatic carbocycles. The van der Waals surface area contributed by atoms with Crippen molar-refractivity contribution in [3.05, 3.63) is 36.5 Å². The third-order valence-corrected chi connectivity index (χ3v) is 13.6. The van der Waals surface area contributed by atoms with Crippen molar-refractivity contribution >= 4 is 13.7 Å². The number of phosphoric acid groups is 1. The third kappa shape index (κ3) is 50.4. The Balaban J connectivity index is 4.15. The van der Waals surface area contributed by atoms with Gasteiger partial charge >= 0.3 is 0 Å². The van der Waals surface area contributed by atoms with Crippen LogP contribution in [0.4, 0.5) is 0 Å². The molecule has 2 N–H and O–H groups in total. The number of nitrogens with one attached hydrogen (secondary N) is 1. The second-order valence-electron chi connectivity index (χ2n) is 20.3. The van der Waals surface area contributed by atoms with Gasteiger partial charge in [-0.2, -0.15) is 0 Å². The lowest BCUT2D eigenvalue weighted by Crippen LogP contribution is -2.46. The molecule has 384 valence electrons. The van der Waals surface area contributed by atoms with Crippen LogP contribution in [0.5, 0.6) is 0 Å². The molecule has 0 spiro atoms. The molecule has 8 nitrogen and oxygen atoms in total. The van der Waals surface area contributed by atoms with E-state index in [1.807, 2.05) is 21.1 Å². The van der Waals surface area contributed by atoms with E-state index in [1.54, 1.807) is 0 Å². The molecular formula is C56H109N2O6P. The Morgan fingerprint density at radius 1 is 0.554 bits per heavy atom. The summed E-state index contributed by atoms with van der Waals surface area (Å²) in [5.41, 5.74) is 0. The van der Waals surface area contributed by atoms with Crippen LogP contribution < -0.4 is 10.2 Å². The number of aliphatic hydroxyl groups is 1. The molecule has 3 atom stereocenters. The number of quaternary nitrogens is 1. The molecule has 1 amide bonds. The molecule has 0 aliphatic heterocycles. The van der Waals surface area contributed by atoms with Crippen molar-refractivity contribution < 1.29 is 32.9 Å². The van der Waals surface area contributed by atoms with Gasteiger partial charge in [0.05, 0.1) is 39.9 Å². The van der Waals surface area contributed by atoms with Gasteiger partial charge in [-0.1, -0.05) is 249 Å². The van der Waals surface area contributed by atoms with Crippen molar-refractivity contribution in [2.45, 2.75) is 276 Å². The number of nitrogens with zero attached hydrogens (tertiary/aromatic N) is 1. The molecule has 0 radical (unpaired) electrons. The second kappa shape index (κ2) is 47.8. The summed E-state index contributed by atoms with van der Waals surface area (Å²) in [5.74, 6) is -0.173. The lowest BCUT2D eigenvalue weighted by atomic mass is 10.0. The van der Waals surface area contributed by atoms with Crippen LogP contribution in [0.1, 0.15) is 264 Å². The predicted molar refractivity (Wildman–Crippen MR) is 279 cm³/mol. The maximum Gasteiger partial charge on any atom is 0.268 e. The van der Waals surface area contributed by atoms with E-state index in [0.717, 1.165) is 64.2 Å². The number of hydrogen-bond donors (Lipinski definition) is 2. The van der Waals surface area contributed by atoms with Crippen molar-refractivity contribution in [3.63, 3.8) is 0 Å². The Kier molecular flexibility index (Phi) is 46.8. The molecular weight excluding hydrogens is 828 g/mol. The number of unbranched alkanes of at least 4 members (excludes halogenated alkanes) is 32. The lowest BCUT2D eigenvalue weighted by Gasteiger charge is -2.30. The third-order valence-electron chi connectivity index (χ3n) is 12.6. The van der Waals surface area contributed by atoms with Gasteiger partial charge in [-0.15, -0.1) is 0 Å². The number of hydrogen-bond acceptors (Lipinski definition) is 6. The Hall–Kier alpha value is -1.28. The molecule has 0 saturated heterocycles. The second-order valence-corrected chi connectivity index (χ2v) is 21.7. The van der Waals surface area contributed by atoms with Crippen LogP contribution in [-0.2, 0) is 18.4 Å². The molecule has 0 fully saturated rings. The zero-order chi connectivity index (χ0) is 47.8. The van der Waals surface area contributed by atoms with Crippen molar-refractivity contribution in [1.82, 2.24) is 5.32 Å². The predicted octanol–water partition coefficient (Wildman–Crippen LogP) is 16.0. The minimum Gasteiger partial charge on any atom is -0.756 e. The highest BCUT2D eigenvalue weighted by Gasteiger charge is 2.24. The highest BCUT2D eigenvalue weighted by molar-refractivity contribution is 7.45. The van der Waals surface area contributed by atoms with Gasteiger partial charge in [-0.25, -0.2) is 0 Å². The van der Waals surface area contributed by atoms with Gasteiger partial charge in [0.1, 0.15) is 13.2 Å². The van der Waals surface area contributed by atoms with E-state index in [1.165, 1.54) is 173 Å². The molecule has 9 heteroatoms. The normalized spacial score (nSPS) is 14.3. The largest absolute Gasteiger partial charge is 0.756 e. The number of phosphoric ester groups is 1. The van der Waals surface area contributed by atoms with Crippen molar-refractivity contribution in [3.8, 4) is 0 Å². The first-order valence-corrected chi connectivity index (χ1v) is 29.3. The molecule has 0 rings (SSSR count). The van der Waals surface area contributed by atoms with E-state index < -0.39 is 20.0 Å². The number of carbonyl (C=O) groups is 1. The number of rotatable bonds is 51. The minimum absolute atomic E-state index is 0.00986. The number of amides is 1. The van der Waals surface area contributed by atoms with Crippen LogP contribution in [0.15, 0.2) is 36.5 Å². The first-order chi connectivity index (χ1) is 31.5. The smallest absolute Gasteiger partial charge is 0.268 e. The van der Waals surface area contributed by atoms with Gasteiger partial charge in [0.2, 0.25) is 5.91 Å². The number of allylic oxidation sites excluding steroid dienone is 6. The molecule has 0 heterocycles. The zero-order valence-electron chi connectivity index (χ0n) is 43.7. The summed E-state index contributed by atoms with van der Waals surface area (Å²) >= 11 is 0. The van der Waals surface area contributed by atoms with Crippen LogP contribution in [0, 0.1) is 0 Å². The van der Waals surface area contributed by atoms with Gasteiger partial charge in [-0.05, 0) is 44.9 Å². The highest BCUT2D eigenvalue weighted by atomic mass is 31.2. The van der Waals surface area contributed by atoms with E-state index in [-0.39, 0.29) is 19.1 Å². The van der Waals surface area contributed by atoms with E-state index in [9.17, 15) is 19.4 Å². The molecule has 65 heavy (non-hydrogen) atoms.